The summed E-state index contributed by atoms with van der Waals surface area (Å²) in [4.78, 5) is 39.9. The van der Waals surface area contributed by atoms with Crippen molar-refractivity contribution < 1.29 is 14.4 Å². The molecule has 1 saturated carbocycles. The van der Waals surface area contributed by atoms with Crippen LogP contribution in [0.25, 0.3) is 0 Å². The highest BCUT2D eigenvalue weighted by molar-refractivity contribution is 6.23. The normalized spacial score (nSPS) is 29.0. The Hall–Kier alpha value is -2.75. The summed E-state index contributed by atoms with van der Waals surface area (Å²) in [6.07, 6.45) is 0.156. The Bertz CT molecular complexity index is 831. The minimum atomic E-state index is -0.554. The largest absolute Gasteiger partial charge is 0.299 e. The molecule has 1 heterocycles. The van der Waals surface area contributed by atoms with Crippen molar-refractivity contribution in [2.45, 2.75) is 19.3 Å². The van der Waals surface area contributed by atoms with Crippen LogP contribution in [0.4, 0.5) is 5.69 Å². The van der Waals surface area contributed by atoms with Crippen LogP contribution in [0.5, 0.6) is 0 Å². The second kappa shape index (κ2) is 5.96. The molecule has 0 unspecified atom stereocenters. The maximum atomic E-state index is 13.2. The van der Waals surface area contributed by atoms with Gasteiger partial charge in [0.1, 0.15) is 5.78 Å². The molecule has 1 saturated heterocycles. The number of ketones is 1. The molecule has 0 bridgehead atoms. The number of hydrogen-bond acceptors (Lipinski definition) is 3. The molecule has 4 heteroatoms. The van der Waals surface area contributed by atoms with Crippen molar-refractivity contribution >= 4 is 23.3 Å². The molecule has 2 aliphatic rings. The quantitative estimate of drug-likeness (QED) is 0.793. The Labute approximate surface area is 146 Å². The smallest absolute Gasteiger partial charge is 0.238 e. The number of benzene rings is 2. The molecule has 2 amide bonds. The van der Waals surface area contributed by atoms with E-state index >= 15 is 0 Å². The van der Waals surface area contributed by atoms with E-state index < -0.39 is 11.8 Å². The fraction of sp³-hybridized carbons (Fsp3) is 0.286. The Balaban J connectivity index is 1.79. The number of hydrogen-bond donors (Lipinski definition) is 0. The third-order valence-electron chi connectivity index (χ3n) is 5.53. The average Bonchev–Trinajstić information content (AvgIpc) is 2.88. The van der Waals surface area contributed by atoms with Crippen molar-refractivity contribution in [3.8, 4) is 0 Å². The molecular weight excluding hydrogens is 314 g/mol. The number of Topliss-reactive ketones (excluding diaryl/α,β-unsaturated/α-hetero) is 1. The van der Waals surface area contributed by atoms with E-state index in [0.717, 1.165) is 5.56 Å². The molecule has 2 fully saturated rings. The first-order valence-corrected chi connectivity index (χ1v) is 8.60. The second-order valence-electron chi connectivity index (χ2n) is 6.88. The van der Waals surface area contributed by atoms with E-state index in [1.165, 1.54) is 4.90 Å². The van der Waals surface area contributed by atoms with Gasteiger partial charge in [-0.3, -0.25) is 19.3 Å². The maximum absolute atomic E-state index is 13.2. The van der Waals surface area contributed by atoms with E-state index in [1.54, 1.807) is 24.3 Å². The van der Waals surface area contributed by atoms with E-state index in [0.29, 0.717) is 5.69 Å². The molecule has 25 heavy (non-hydrogen) atoms. The fourth-order valence-corrected chi connectivity index (χ4v) is 4.28. The monoisotopic (exact) mass is 333 g/mol. The number of rotatable bonds is 2. The lowest BCUT2D eigenvalue weighted by atomic mass is 9.65. The summed E-state index contributed by atoms with van der Waals surface area (Å²) in [7, 11) is 0. The molecule has 2 aromatic carbocycles. The van der Waals surface area contributed by atoms with Crippen molar-refractivity contribution in [2.75, 3.05) is 4.90 Å². The van der Waals surface area contributed by atoms with Gasteiger partial charge in [-0.2, -0.15) is 0 Å². The number of fused-ring (bicyclic) bond motifs is 1. The minimum Gasteiger partial charge on any atom is -0.299 e. The number of amides is 2. The summed E-state index contributed by atoms with van der Waals surface area (Å²) in [5, 5.41) is 0. The molecule has 1 aliphatic heterocycles. The van der Waals surface area contributed by atoms with Crippen LogP contribution in [0, 0.1) is 17.8 Å². The van der Waals surface area contributed by atoms with Crippen LogP contribution in [0.1, 0.15) is 24.8 Å². The SMILES string of the molecule is C[C@@H]1C(=O)C[C@H]2C(=O)N(c3ccccc3)C(=O)[C@@H]2[C@@H]1c1ccccc1. The predicted octanol–water partition coefficient (Wildman–Crippen LogP) is 3.18. The van der Waals surface area contributed by atoms with Crippen molar-refractivity contribution in [3.63, 3.8) is 0 Å². The van der Waals surface area contributed by atoms with Crippen LogP contribution >= 0.6 is 0 Å². The molecule has 1 aliphatic carbocycles. The Morgan fingerprint density at radius 1 is 0.800 bits per heavy atom. The average molecular weight is 333 g/mol. The van der Waals surface area contributed by atoms with E-state index in [-0.39, 0.29) is 35.9 Å². The van der Waals surface area contributed by atoms with Gasteiger partial charge in [0.05, 0.1) is 17.5 Å². The molecule has 4 nitrogen and oxygen atoms in total. The Kier molecular flexibility index (Phi) is 3.75. The second-order valence-corrected chi connectivity index (χ2v) is 6.88. The van der Waals surface area contributed by atoms with E-state index in [9.17, 15) is 14.4 Å². The molecule has 0 N–H and O–H groups in total. The van der Waals surface area contributed by atoms with Crippen LogP contribution in [0.3, 0.4) is 0 Å². The molecule has 126 valence electrons. The highest BCUT2D eigenvalue weighted by Gasteiger charge is 2.57. The molecule has 4 rings (SSSR count). The highest BCUT2D eigenvalue weighted by Crippen LogP contribution is 2.48. The first-order valence-electron chi connectivity index (χ1n) is 8.60. The van der Waals surface area contributed by atoms with Gasteiger partial charge < -0.3 is 0 Å². The first kappa shape index (κ1) is 15.8. The molecule has 0 aromatic heterocycles. The summed E-state index contributed by atoms with van der Waals surface area (Å²) in [6, 6.07) is 18.6. The number of anilines is 1. The molecule has 0 radical (unpaired) electrons. The lowest BCUT2D eigenvalue weighted by molar-refractivity contribution is -0.134. The van der Waals surface area contributed by atoms with Crippen LogP contribution in [-0.2, 0) is 14.4 Å². The van der Waals surface area contributed by atoms with Gasteiger partial charge in [-0.15, -0.1) is 0 Å². The first-order chi connectivity index (χ1) is 12.1. The number of imide groups is 1. The van der Waals surface area contributed by atoms with Gasteiger partial charge in [0.25, 0.3) is 0 Å². The minimum absolute atomic E-state index is 0.0613. The zero-order valence-corrected chi connectivity index (χ0v) is 14.0. The Morgan fingerprint density at radius 2 is 1.40 bits per heavy atom. The zero-order chi connectivity index (χ0) is 17.6. The van der Waals surface area contributed by atoms with Gasteiger partial charge in [0, 0.05) is 18.3 Å². The van der Waals surface area contributed by atoms with Crippen LogP contribution < -0.4 is 4.90 Å². The van der Waals surface area contributed by atoms with Gasteiger partial charge in [0.2, 0.25) is 11.8 Å². The van der Waals surface area contributed by atoms with Gasteiger partial charge in [-0.1, -0.05) is 55.5 Å². The summed E-state index contributed by atoms with van der Waals surface area (Å²) >= 11 is 0. The molecule has 0 spiro atoms. The fourth-order valence-electron chi connectivity index (χ4n) is 4.28. The molecule has 4 atom stereocenters. The number of nitrogens with zero attached hydrogens (tertiary/aromatic N) is 1. The zero-order valence-electron chi connectivity index (χ0n) is 14.0. The predicted molar refractivity (Wildman–Crippen MR) is 93.9 cm³/mol. The maximum Gasteiger partial charge on any atom is 0.238 e. The van der Waals surface area contributed by atoms with E-state index in [4.69, 9.17) is 0 Å². The van der Waals surface area contributed by atoms with Crippen molar-refractivity contribution in [1.82, 2.24) is 0 Å². The number of carbonyl (C=O) groups excluding carboxylic acids is 3. The topological polar surface area (TPSA) is 54.5 Å². The Morgan fingerprint density at radius 3 is 2.04 bits per heavy atom. The molecular formula is C21H19NO3. The van der Waals surface area contributed by atoms with Crippen molar-refractivity contribution in [1.29, 1.82) is 0 Å². The highest BCUT2D eigenvalue weighted by atomic mass is 16.2. The van der Waals surface area contributed by atoms with Gasteiger partial charge in [-0.25, -0.2) is 0 Å². The van der Waals surface area contributed by atoms with Gasteiger partial charge >= 0.3 is 0 Å². The summed E-state index contributed by atoms with van der Waals surface area (Å²) in [5.74, 6) is -1.92. The number of para-hydroxylation sites is 1. The van der Waals surface area contributed by atoms with E-state index in [1.807, 2.05) is 43.3 Å². The van der Waals surface area contributed by atoms with Crippen molar-refractivity contribution in [3.05, 3.63) is 66.2 Å². The summed E-state index contributed by atoms with van der Waals surface area (Å²) in [5.41, 5.74) is 1.54. The summed E-state index contributed by atoms with van der Waals surface area (Å²) < 4.78 is 0. The van der Waals surface area contributed by atoms with Crippen LogP contribution in [0.15, 0.2) is 60.7 Å². The molecule has 2 aromatic rings. The summed E-state index contributed by atoms with van der Waals surface area (Å²) in [6.45, 7) is 1.87. The van der Waals surface area contributed by atoms with Gasteiger partial charge in [-0.05, 0) is 17.7 Å². The lowest BCUT2D eigenvalue weighted by Crippen LogP contribution is -2.39. The van der Waals surface area contributed by atoms with Gasteiger partial charge in [0.15, 0.2) is 0 Å². The van der Waals surface area contributed by atoms with E-state index in [2.05, 4.69) is 0 Å². The third kappa shape index (κ3) is 2.40. The number of carbonyl (C=O) groups is 3. The van der Waals surface area contributed by atoms with Crippen molar-refractivity contribution in [2.24, 2.45) is 17.8 Å². The lowest BCUT2D eigenvalue weighted by Gasteiger charge is -2.35. The third-order valence-corrected chi connectivity index (χ3v) is 5.53. The van der Waals surface area contributed by atoms with Crippen LogP contribution in [-0.4, -0.2) is 17.6 Å². The van der Waals surface area contributed by atoms with Crippen LogP contribution in [0.2, 0.25) is 0 Å². The standard InChI is InChI=1S/C21H19NO3/c1-13-17(23)12-16-19(18(13)14-8-4-2-5-9-14)21(25)22(20(16)24)15-10-6-3-7-11-15/h2-11,13,16,18-19H,12H2,1H3/t13-,16-,18+,19+/m1/s1.